The summed E-state index contributed by atoms with van der Waals surface area (Å²) < 4.78 is 11.0. The Labute approximate surface area is 107 Å². The molecule has 0 atom stereocenters. The largest absolute Gasteiger partial charge is 0.486 e. The monoisotopic (exact) mass is 255 g/mol. The van der Waals surface area contributed by atoms with Gasteiger partial charge in [0.1, 0.15) is 13.2 Å². The van der Waals surface area contributed by atoms with E-state index in [2.05, 4.69) is 5.32 Å². The van der Waals surface area contributed by atoms with Crippen LogP contribution in [0.2, 0.25) is 5.02 Å². The minimum atomic E-state index is 0.602. The zero-order chi connectivity index (χ0) is 12.1. The van der Waals surface area contributed by atoms with Crippen LogP contribution in [0.4, 0.5) is 0 Å². The number of rotatable bonds is 5. The van der Waals surface area contributed by atoms with Crippen molar-refractivity contribution in [2.45, 2.75) is 19.3 Å². The van der Waals surface area contributed by atoms with Crippen LogP contribution >= 0.6 is 11.6 Å². The van der Waals surface area contributed by atoms with Crippen LogP contribution in [0.15, 0.2) is 12.1 Å². The third-order valence-electron chi connectivity index (χ3n) is 2.83. The lowest BCUT2D eigenvalue weighted by atomic mass is 10.1. The smallest absolute Gasteiger partial charge is 0.162 e. The molecule has 1 N–H and O–H groups in total. The molecule has 0 unspecified atom stereocenters. The van der Waals surface area contributed by atoms with E-state index in [9.17, 15) is 0 Å². The summed E-state index contributed by atoms with van der Waals surface area (Å²) in [6, 6.07) is 3.87. The topological polar surface area (TPSA) is 30.5 Å². The molecule has 2 rings (SSSR count). The number of hydrogen-bond donors (Lipinski definition) is 1. The molecule has 1 aromatic carbocycles. The number of unbranched alkanes of at least 4 members (excludes halogenated alkanes) is 1. The van der Waals surface area contributed by atoms with Gasteiger partial charge in [-0.2, -0.15) is 0 Å². The van der Waals surface area contributed by atoms with Crippen molar-refractivity contribution in [3.63, 3.8) is 0 Å². The molecular formula is C13H18ClNO2. The number of ether oxygens (including phenoxy) is 2. The summed E-state index contributed by atoms with van der Waals surface area (Å²) in [7, 11) is 1.97. The van der Waals surface area contributed by atoms with Crippen molar-refractivity contribution >= 4 is 11.6 Å². The summed E-state index contributed by atoms with van der Waals surface area (Å²) >= 11 is 6.22. The normalized spacial score (nSPS) is 13.8. The van der Waals surface area contributed by atoms with E-state index in [-0.39, 0.29) is 0 Å². The molecule has 0 aromatic heterocycles. The van der Waals surface area contributed by atoms with Crippen LogP contribution in [0.1, 0.15) is 18.4 Å². The second kappa shape index (κ2) is 6.12. The Morgan fingerprint density at radius 3 is 2.59 bits per heavy atom. The molecule has 0 aliphatic carbocycles. The first-order valence-corrected chi connectivity index (χ1v) is 6.41. The number of fused-ring (bicyclic) bond motifs is 1. The summed E-state index contributed by atoms with van der Waals surface area (Å²) in [5, 5.41) is 3.92. The SMILES string of the molecule is CNCCCCc1cc2c(cc1Cl)OCCO2. The van der Waals surface area contributed by atoms with Crippen molar-refractivity contribution in [2.75, 3.05) is 26.8 Å². The lowest BCUT2D eigenvalue weighted by molar-refractivity contribution is 0.171. The molecule has 3 nitrogen and oxygen atoms in total. The van der Waals surface area contributed by atoms with E-state index in [1.54, 1.807) is 0 Å². The van der Waals surface area contributed by atoms with Crippen LogP contribution in [0.3, 0.4) is 0 Å². The van der Waals surface area contributed by atoms with Gasteiger partial charge in [0.2, 0.25) is 0 Å². The molecule has 1 aliphatic rings. The molecule has 4 heteroatoms. The molecule has 94 valence electrons. The summed E-state index contributed by atoms with van der Waals surface area (Å²) in [6.45, 7) is 2.26. The quantitative estimate of drug-likeness (QED) is 0.821. The molecular weight excluding hydrogens is 238 g/mol. The highest BCUT2D eigenvalue weighted by Gasteiger charge is 2.14. The minimum absolute atomic E-state index is 0.602. The second-order valence-corrected chi connectivity index (χ2v) is 4.56. The highest BCUT2D eigenvalue weighted by molar-refractivity contribution is 6.31. The highest BCUT2D eigenvalue weighted by atomic mass is 35.5. The maximum atomic E-state index is 6.22. The fourth-order valence-corrected chi connectivity index (χ4v) is 2.16. The average Bonchev–Trinajstić information content (AvgIpc) is 2.35. The molecule has 1 aromatic rings. The fraction of sp³-hybridized carbons (Fsp3) is 0.538. The predicted molar refractivity (Wildman–Crippen MR) is 69.3 cm³/mol. The van der Waals surface area contributed by atoms with Gasteiger partial charge >= 0.3 is 0 Å². The Bertz CT molecular complexity index is 382. The van der Waals surface area contributed by atoms with Crippen molar-refractivity contribution in [2.24, 2.45) is 0 Å². The Kier molecular flexibility index (Phi) is 4.51. The van der Waals surface area contributed by atoms with Crippen LogP contribution in [0.25, 0.3) is 0 Å². The number of hydrogen-bond acceptors (Lipinski definition) is 3. The maximum Gasteiger partial charge on any atom is 0.162 e. The van der Waals surface area contributed by atoms with Crippen molar-refractivity contribution in [1.29, 1.82) is 0 Å². The van der Waals surface area contributed by atoms with Gasteiger partial charge in [-0.05, 0) is 44.5 Å². The molecule has 1 aliphatic heterocycles. The number of halogens is 1. The van der Waals surface area contributed by atoms with Crippen molar-refractivity contribution in [1.82, 2.24) is 5.32 Å². The molecule has 0 spiro atoms. The van der Waals surface area contributed by atoms with Gasteiger partial charge in [0.25, 0.3) is 0 Å². The Balaban J connectivity index is 2.01. The zero-order valence-electron chi connectivity index (χ0n) is 10.1. The third-order valence-corrected chi connectivity index (χ3v) is 3.19. The van der Waals surface area contributed by atoms with Gasteiger partial charge in [-0.3, -0.25) is 0 Å². The van der Waals surface area contributed by atoms with E-state index in [0.717, 1.165) is 47.9 Å². The van der Waals surface area contributed by atoms with Gasteiger partial charge in [0, 0.05) is 11.1 Å². The van der Waals surface area contributed by atoms with Gasteiger partial charge in [-0.25, -0.2) is 0 Å². The molecule has 0 amide bonds. The highest BCUT2D eigenvalue weighted by Crippen LogP contribution is 2.35. The molecule has 1 heterocycles. The first-order chi connectivity index (χ1) is 8.31. The molecule has 0 fully saturated rings. The molecule has 0 radical (unpaired) electrons. The number of nitrogens with one attached hydrogen (secondary N) is 1. The molecule has 0 bridgehead atoms. The number of aryl methyl sites for hydroxylation is 1. The van der Waals surface area contributed by atoms with Crippen LogP contribution in [-0.4, -0.2) is 26.8 Å². The van der Waals surface area contributed by atoms with Gasteiger partial charge in [-0.1, -0.05) is 11.6 Å². The van der Waals surface area contributed by atoms with Crippen LogP contribution in [-0.2, 0) is 6.42 Å². The first kappa shape index (κ1) is 12.5. The van der Waals surface area contributed by atoms with Crippen molar-refractivity contribution in [3.8, 4) is 11.5 Å². The van der Waals surface area contributed by atoms with E-state index < -0.39 is 0 Å². The maximum absolute atomic E-state index is 6.22. The molecule has 17 heavy (non-hydrogen) atoms. The Morgan fingerprint density at radius 1 is 1.18 bits per heavy atom. The van der Waals surface area contributed by atoms with E-state index in [1.165, 1.54) is 0 Å². The van der Waals surface area contributed by atoms with Crippen LogP contribution in [0, 0.1) is 0 Å². The van der Waals surface area contributed by atoms with E-state index in [0.29, 0.717) is 13.2 Å². The van der Waals surface area contributed by atoms with Crippen LogP contribution in [0.5, 0.6) is 11.5 Å². The Hall–Kier alpha value is -0.930. The summed E-state index contributed by atoms with van der Waals surface area (Å²) in [6.07, 6.45) is 3.26. The number of benzene rings is 1. The zero-order valence-corrected chi connectivity index (χ0v) is 10.8. The van der Waals surface area contributed by atoms with Crippen molar-refractivity contribution in [3.05, 3.63) is 22.7 Å². The lowest BCUT2D eigenvalue weighted by Gasteiger charge is -2.19. The predicted octanol–water partition coefficient (Wildman–Crippen LogP) is 2.65. The summed E-state index contributed by atoms with van der Waals surface area (Å²) in [5.41, 5.74) is 1.15. The van der Waals surface area contributed by atoms with E-state index >= 15 is 0 Å². The van der Waals surface area contributed by atoms with E-state index in [4.69, 9.17) is 21.1 Å². The van der Waals surface area contributed by atoms with Gasteiger partial charge in [-0.15, -0.1) is 0 Å². The molecule has 0 saturated carbocycles. The van der Waals surface area contributed by atoms with E-state index in [1.807, 2.05) is 19.2 Å². The van der Waals surface area contributed by atoms with Gasteiger partial charge in [0.15, 0.2) is 11.5 Å². The van der Waals surface area contributed by atoms with Gasteiger partial charge in [0.05, 0.1) is 0 Å². The standard InChI is InChI=1S/C13H18ClNO2/c1-15-5-3-2-4-10-8-12-13(9-11(10)14)17-7-6-16-12/h8-9,15H,2-7H2,1H3. The summed E-state index contributed by atoms with van der Waals surface area (Å²) in [5.74, 6) is 1.59. The molecule has 0 saturated heterocycles. The Morgan fingerprint density at radius 2 is 1.88 bits per heavy atom. The average molecular weight is 256 g/mol. The lowest BCUT2D eigenvalue weighted by Crippen LogP contribution is -2.15. The first-order valence-electron chi connectivity index (χ1n) is 6.04. The fourth-order valence-electron chi connectivity index (χ4n) is 1.91. The second-order valence-electron chi connectivity index (χ2n) is 4.15. The van der Waals surface area contributed by atoms with Crippen molar-refractivity contribution < 1.29 is 9.47 Å². The summed E-state index contributed by atoms with van der Waals surface area (Å²) in [4.78, 5) is 0. The van der Waals surface area contributed by atoms with Gasteiger partial charge < -0.3 is 14.8 Å². The minimum Gasteiger partial charge on any atom is -0.486 e. The van der Waals surface area contributed by atoms with Crippen LogP contribution < -0.4 is 14.8 Å². The third kappa shape index (κ3) is 3.27.